The minimum atomic E-state index is -4.33. The zero-order valence-electron chi connectivity index (χ0n) is 14.2. The van der Waals surface area contributed by atoms with E-state index in [0.717, 1.165) is 42.5 Å². The second-order valence-electron chi connectivity index (χ2n) is 7.36. The van der Waals surface area contributed by atoms with Crippen molar-refractivity contribution >= 4 is 5.91 Å². The molecule has 2 saturated carbocycles. The monoisotopic (exact) mass is 359 g/mol. The number of benzene rings is 2. The normalized spacial score (nSPS) is 23.8. The lowest BCUT2D eigenvalue weighted by molar-refractivity contribution is -0.137. The topological polar surface area (TPSA) is 29.1 Å². The van der Waals surface area contributed by atoms with Crippen molar-refractivity contribution in [3.05, 3.63) is 71.3 Å². The Morgan fingerprint density at radius 3 is 2.19 bits per heavy atom. The molecule has 1 amide bonds. The molecule has 1 N–H and O–H groups in total. The molecule has 2 fully saturated rings. The van der Waals surface area contributed by atoms with Crippen molar-refractivity contribution in [2.45, 2.75) is 43.3 Å². The van der Waals surface area contributed by atoms with E-state index in [4.69, 9.17) is 0 Å². The highest BCUT2D eigenvalue weighted by Crippen LogP contribution is 2.49. The van der Waals surface area contributed by atoms with E-state index >= 15 is 0 Å². The lowest BCUT2D eigenvalue weighted by atomic mass is 9.71. The highest BCUT2D eigenvalue weighted by atomic mass is 19.4. The Morgan fingerprint density at radius 1 is 1.00 bits per heavy atom. The van der Waals surface area contributed by atoms with Crippen LogP contribution in [0.1, 0.15) is 48.3 Å². The smallest absolute Gasteiger partial charge is 0.346 e. The van der Waals surface area contributed by atoms with Crippen LogP contribution in [0.3, 0.4) is 0 Å². The van der Waals surface area contributed by atoms with Crippen LogP contribution in [-0.2, 0) is 16.5 Å². The second kappa shape index (κ2) is 6.15. The molecular weight excluding hydrogens is 339 g/mol. The molecule has 5 heteroatoms. The molecule has 2 atom stereocenters. The van der Waals surface area contributed by atoms with Gasteiger partial charge in [-0.05, 0) is 54.9 Å². The van der Waals surface area contributed by atoms with Gasteiger partial charge in [0, 0.05) is 5.92 Å². The Bertz CT molecular complexity index is 794. The number of carbonyl (C=O) groups excluding carboxylic acids is 1. The maximum Gasteiger partial charge on any atom is 0.416 e. The van der Waals surface area contributed by atoms with Crippen LogP contribution in [0.25, 0.3) is 0 Å². The van der Waals surface area contributed by atoms with Gasteiger partial charge in [-0.25, -0.2) is 0 Å². The lowest BCUT2D eigenvalue weighted by Gasteiger charge is -2.43. The van der Waals surface area contributed by atoms with Gasteiger partial charge in [0.15, 0.2) is 0 Å². The standard InChI is InChI=1S/C21H20F3NO/c22-21(23,24)16-9-7-14(8-10-16)17-13-18(17)19(26)25-20(11-4-12-20)15-5-2-1-3-6-15/h1-3,5-10,17-18H,4,11-13H2,(H,25,26). The van der Waals surface area contributed by atoms with Gasteiger partial charge in [0.2, 0.25) is 5.91 Å². The van der Waals surface area contributed by atoms with Crippen molar-refractivity contribution in [1.82, 2.24) is 5.32 Å². The van der Waals surface area contributed by atoms with E-state index in [-0.39, 0.29) is 23.3 Å². The predicted molar refractivity (Wildman–Crippen MR) is 92.4 cm³/mol. The summed E-state index contributed by atoms with van der Waals surface area (Å²) in [7, 11) is 0. The maximum atomic E-state index is 12.7. The molecule has 2 aromatic carbocycles. The van der Waals surface area contributed by atoms with Crippen LogP contribution < -0.4 is 5.32 Å². The van der Waals surface area contributed by atoms with E-state index in [1.165, 1.54) is 12.1 Å². The van der Waals surface area contributed by atoms with Crippen LogP contribution >= 0.6 is 0 Å². The molecule has 0 spiro atoms. The summed E-state index contributed by atoms with van der Waals surface area (Å²) in [6.45, 7) is 0. The van der Waals surface area contributed by atoms with Crippen LogP contribution in [-0.4, -0.2) is 5.91 Å². The average Bonchev–Trinajstić information content (AvgIpc) is 3.39. The van der Waals surface area contributed by atoms with Crippen LogP contribution in [0.4, 0.5) is 13.2 Å². The summed E-state index contributed by atoms with van der Waals surface area (Å²) < 4.78 is 38.0. The SMILES string of the molecule is O=C(NC1(c2ccccc2)CCC1)C1CC1c1ccc(C(F)(F)F)cc1. The predicted octanol–water partition coefficient (Wildman–Crippen LogP) is 5.00. The molecule has 136 valence electrons. The summed E-state index contributed by atoms with van der Waals surface area (Å²) in [5.74, 6) is -0.114. The summed E-state index contributed by atoms with van der Waals surface area (Å²) >= 11 is 0. The number of hydrogen-bond donors (Lipinski definition) is 1. The fourth-order valence-corrected chi connectivity index (χ4v) is 3.87. The van der Waals surface area contributed by atoms with Crippen LogP contribution in [0.15, 0.2) is 54.6 Å². The summed E-state index contributed by atoms with van der Waals surface area (Å²) in [6, 6.07) is 15.2. The number of halogens is 3. The molecule has 0 saturated heterocycles. The third-order valence-corrected chi connectivity index (χ3v) is 5.69. The minimum Gasteiger partial charge on any atom is -0.346 e. The van der Waals surface area contributed by atoms with Crippen molar-refractivity contribution in [3.63, 3.8) is 0 Å². The first-order valence-electron chi connectivity index (χ1n) is 8.94. The quantitative estimate of drug-likeness (QED) is 0.817. The molecule has 2 aromatic rings. The van der Waals surface area contributed by atoms with Gasteiger partial charge in [0.1, 0.15) is 0 Å². The number of amides is 1. The molecule has 0 aliphatic heterocycles. The number of carbonyl (C=O) groups is 1. The van der Waals surface area contributed by atoms with E-state index in [1.54, 1.807) is 0 Å². The van der Waals surface area contributed by atoms with Crippen LogP contribution in [0.2, 0.25) is 0 Å². The average molecular weight is 359 g/mol. The molecule has 4 rings (SSSR count). The van der Waals surface area contributed by atoms with Gasteiger partial charge in [-0.2, -0.15) is 13.2 Å². The molecule has 2 nitrogen and oxygen atoms in total. The first-order valence-corrected chi connectivity index (χ1v) is 8.94. The van der Waals surface area contributed by atoms with Crippen molar-refractivity contribution in [1.29, 1.82) is 0 Å². The fourth-order valence-electron chi connectivity index (χ4n) is 3.87. The molecule has 0 bridgehead atoms. The Hall–Kier alpha value is -2.30. The molecule has 0 radical (unpaired) electrons. The van der Waals surface area contributed by atoms with Gasteiger partial charge in [0.05, 0.1) is 11.1 Å². The Labute approximate surface area is 150 Å². The minimum absolute atomic E-state index is 0.0125. The third-order valence-electron chi connectivity index (χ3n) is 5.69. The summed E-state index contributed by atoms with van der Waals surface area (Å²) in [4.78, 5) is 12.7. The molecular formula is C21H20F3NO. The number of hydrogen-bond acceptors (Lipinski definition) is 1. The highest BCUT2D eigenvalue weighted by Gasteiger charge is 2.48. The highest BCUT2D eigenvalue weighted by molar-refractivity contribution is 5.84. The molecule has 2 aliphatic rings. The van der Waals surface area contributed by atoms with Gasteiger partial charge in [-0.3, -0.25) is 4.79 Å². The van der Waals surface area contributed by atoms with E-state index in [9.17, 15) is 18.0 Å². The number of nitrogens with one attached hydrogen (secondary N) is 1. The van der Waals surface area contributed by atoms with Crippen LogP contribution in [0.5, 0.6) is 0 Å². The Morgan fingerprint density at radius 2 is 1.65 bits per heavy atom. The van der Waals surface area contributed by atoms with E-state index in [0.29, 0.717) is 6.42 Å². The fraction of sp³-hybridized carbons (Fsp3) is 0.381. The van der Waals surface area contributed by atoms with Crippen molar-refractivity contribution in [3.8, 4) is 0 Å². The van der Waals surface area contributed by atoms with Gasteiger partial charge in [0.25, 0.3) is 0 Å². The summed E-state index contributed by atoms with van der Waals surface area (Å²) in [5.41, 5.74) is 1.01. The van der Waals surface area contributed by atoms with Crippen molar-refractivity contribution in [2.24, 2.45) is 5.92 Å². The number of alkyl halides is 3. The van der Waals surface area contributed by atoms with E-state index in [1.807, 2.05) is 30.3 Å². The van der Waals surface area contributed by atoms with Crippen molar-refractivity contribution in [2.75, 3.05) is 0 Å². The molecule has 26 heavy (non-hydrogen) atoms. The molecule has 0 aromatic heterocycles. The second-order valence-corrected chi connectivity index (χ2v) is 7.36. The van der Waals surface area contributed by atoms with Crippen LogP contribution in [0, 0.1) is 5.92 Å². The van der Waals surface area contributed by atoms with E-state index < -0.39 is 11.7 Å². The van der Waals surface area contributed by atoms with Gasteiger partial charge < -0.3 is 5.32 Å². The molecule has 0 heterocycles. The van der Waals surface area contributed by atoms with Gasteiger partial charge in [-0.15, -0.1) is 0 Å². The molecule has 2 aliphatic carbocycles. The first kappa shape index (κ1) is 17.1. The zero-order chi connectivity index (χ0) is 18.4. The van der Waals surface area contributed by atoms with Gasteiger partial charge in [-0.1, -0.05) is 42.5 Å². The lowest BCUT2D eigenvalue weighted by Crippen LogP contribution is -2.51. The van der Waals surface area contributed by atoms with Gasteiger partial charge >= 0.3 is 6.18 Å². The first-order chi connectivity index (χ1) is 12.4. The summed E-state index contributed by atoms with van der Waals surface area (Å²) in [6.07, 6.45) is -0.684. The Kier molecular flexibility index (Phi) is 4.05. The molecule has 2 unspecified atom stereocenters. The zero-order valence-corrected chi connectivity index (χ0v) is 14.2. The van der Waals surface area contributed by atoms with Crippen molar-refractivity contribution < 1.29 is 18.0 Å². The Balaban J connectivity index is 1.43. The number of rotatable bonds is 4. The largest absolute Gasteiger partial charge is 0.416 e. The third kappa shape index (κ3) is 3.11. The van der Waals surface area contributed by atoms with E-state index in [2.05, 4.69) is 5.32 Å². The summed E-state index contributed by atoms with van der Waals surface area (Å²) in [5, 5.41) is 3.22. The maximum absolute atomic E-state index is 12.7.